The van der Waals surface area contributed by atoms with Crippen molar-refractivity contribution in [3.05, 3.63) is 23.8 Å². The predicted molar refractivity (Wildman–Crippen MR) is 67.6 cm³/mol. The third kappa shape index (κ3) is 2.72. The zero-order valence-electron chi connectivity index (χ0n) is 10.5. The van der Waals surface area contributed by atoms with Gasteiger partial charge in [-0.15, -0.1) is 0 Å². The third-order valence-electron chi connectivity index (χ3n) is 3.14. The van der Waals surface area contributed by atoms with Gasteiger partial charge >= 0.3 is 0 Å². The minimum Gasteiger partial charge on any atom is -0.399 e. The monoisotopic (exact) mass is 256 g/mol. The van der Waals surface area contributed by atoms with Crippen molar-refractivity contribution in [2.45, 2.75) is 25.9 Å². The lowest BCUT2D eigenvalue weighted by atomic mass is 10.1. The first-order valence-electron chi connectivity index (χ1n) is 6.23. The number of halogens is 2. The van der Waals surface area contributed by atoms with Gasteiger partial charge in [-0.05, 0) is 31.9 Å². The van der Waals surface area contributed by atoms with E-state index in [0.717, 1.165) is 25.0 Å². The molecule has 1 aromatic rings. The number of nitrogen functional groups attached to an aromatic ring is 1. The molecule has 1 fully saturated rings. The summed E-state index contributed by atoms with van der Waals surface area (Å²) in [6.45, 7) is 3.70. The lowest BCUT2D eigenvalue weighted by Crippen LogP contribution is -2.40. The van der Waals surface area contributed by atoms with Gasteiger partial charge in [0.2, 0.25) is 0 Å². The van der Waals surface area contributed by atoms with Gasteiger partial charge in [-0.1, -0.05) is 0 Å². The molecule has 1 aliphatic rings. The highest BCUT2D eigenvalue weighted by molar-refractivity contribution is 5.56. The van der Waals surface area contributed by atoms with Crippen molar-refractivity contribution in [1.82, 2.24) is 0 Å². The maximum atomic E-state index is 13.8. The molecule has 1 atom stereocenters. The Kier molecular flexibility index (Phi) is 4.01. The van der Waals surface area contributed by atoms with E-state index in [2.05, 4.69) is 0 Å². The Hall–Kier alpha value is -1.36. The molecule has 0 bridgehead atoms. The minimum atomic E-state index is -0.607. The second-order valence-corrected chi connectivity index (χ2v) is 4.50. The van der Waals surface area contributed by atoms with E-state index in [1.165, 1.54) is 0 Å². The highest BCUT2D eigenvalue weighted by Gasteiger charge is 2.24. The van der Waals surface area contributed by atoms with Crippen LogP contribution in [0.3, 0.4) is 0 Å². The summed E-state index contributed by atoms with van der Waals surface area (Å²) in [7, 11) is 0. The SMILES string of the molecule is CCOC1CCCN(c2c(F)cc(N)cc2F)C1. The van der Waals surface area contributed by atoms with Crippen LogP contribution in [0.15, 0.2) is 12.1 Å². The normalized spacial score (nSPS) is 20.2. The van der Waals surface area contributed by atoms with Crippen molar-refractivity contribution in [2.75, 3.05) is 30.3 Å². The lowest BCUT2D eigenvalue weighted by molar-refractivity contribution is 0.0524. The molecule has 1 aromatic carbocycles. The molecule has 5 heteroatoms. The second kappa shape index (κ2) is 5.52. The molecule has 1 unspecified atom stereocenters. The number of anilines is 2. The summed E-state index contributed by atoms with van der Waals surface area (Å²) in [6.07, 6.45) is 1.84. The molecule has 2 N–H and O–H groups in total. The molecule has 18 heavy (non-hydrogen) atoms. The van der Waals surface area contributed by atoms with Gasteiger partial charge in [0.1, 0.15) is 5.69 Å². The maximum absolute atomic E-state index is 13.8. The summed E-state index contributed by atoms with van der Waals surface area (Å²) in [5, 5.41) is 0. The number of hydrogen-bond acceptors (Lipinski definition) is 3. The second-order valence-electron chi connectivity index (χ2n) is 4.50. The Labute approximate surface area is 106 Å². The molecule has 0 aliphatic carbocycles. The van der Waals surface area contributed by atoms with Crippen LogP contribution < -0.4 is 10.6 Å². The van der Waals surface area contributed by atoms with Gasteiger partial charge in [0, 0.05) is 25.4 Å². The Bertz CT molecular complexity index is 400. The summed E-state index contributed by atoms with van der Waals surface area (Å²) >= 11 is 0. The van der Waals surface area contributed by atoms with Gasteiger partial charge in [-0.2, -0.15) is 0 Å². The van der Waals surface area contributed by atoms with E-state index in [-0.39, 0.29) is 17.5 Å². The molecule has 0 radical (unpaired) electrons. The van der Waals surface area contributed by atoms with Gasteiger partial charge in [0.15, 0.2) is 11.6 Å². The number of benzene rings is 1. The predicted octanol–water partition coefficient (Wildman–Crippen LogP) is 2.55. The van der Waals surface area contributed by atoms with Crippen LogP contribution >= 0.6 is 0 Å². The highest BCUT2D eigenvalue weighted by atomic mass is 19.1. The molecule has 0 spiro atoms. The zero-order valence-corrected chi connectivity index (χ0v) is 10.5. The molecule has 0 aromatic heterocycles. The Morgan fingerprint density at radius 2 is 2.06 bits per heavy atom. The number of piperidine rings is 1. The van der Waals surface area contributed by atoms with Crippen LogP contribution in [0.5, 0.6) is 0 Å². The van der Waals surface area contributed by atoms with E-state index in [9.17, 15) is 8.78 Å². The van der Waals surface area contributed by atoms with Crippen LogP contribution in [0.4, 0.5) is 20.2 Å². The summed E-state index contributed by atoms with van der Waals surface area (Å²) < 4.78 is 33.1. The van der Waals surface area contributed by atoms with Crippen molar-refractivity contribution in [3.63, 3.8) is 0 Å². The molecule has 1 saturated heterocycles. The van der Waals surface area contributed by atoms with Crippen molar-refractivity contribution >= 4 is 11.4 Å². The fourth-order valence-electron chi connectivity index (χ4n) is 2.40. The molecule has 1 aliphatic heterocycles. The number of ether oxygens (including phenoxy) is 1. The van der Waals surface area contributed by atoms with Crippen molar-refractivity contribution in [3.8, 4) is 0 Å². The van der Waals surface area contributed by atoms with Crippen LogP contribution in [0.2, 0.25) is 0 Å². The zero-order chi connectivity index (χ0) is 13.1. The molecule has 0 saturated carbocycles. The fraction of sp³-hybridized carbons (Fsp3) is 0.538. The average molecular weight is 256 g/mol. The summed E-state index contributed by atoms with van der Waals surface area (Å²) in [6, 6.07) is 2.31. The van der Waals surface area contributed by atoms with Crippen LogP contribution in [0, 0.1) is 11.6 Å². The minimum absolute atomic E-state index is 0.00797. The first-order valence-corrected chi connectivity index (χ1v) is 6.23. The maximum Gasteiger partial charge on any atom is 0.151 e. The Morgan fingerprint density at radius 1 is 1.39 bits per heavy atom. The van der Waals surface area contributed by atoms with Crippen molar-refractivity contribution < 1.29 is 13.5 Å². The molecule has 3 nitrogen and oxygen atoms in total. The number of nitrogens with two attached hydrogens (primary N) is 1. The molecule has 1 heterocycles. The smallest absolute Gasteiger partial charge is 0.151 e. The van der Waals surface area contributed by atoms with Crippen LogP contribution in [-0.2, 0) is 4.74 Å². The van der Waals surface area contributed by atoms with Gasteiger partial charge in [-0.3, -0.25) is 0 Å². The van der Waals surface area contributed by atoms with E-state index in [4.69, 9.17) is 10.5 Å². The molecule has 100 valence electrons. The van der Waals surface area contributed by atoms with Crippen molar-refractivity contribution in [1.29, 1.82) is 0 Å². The van der Waals surface area contributed by atoms with E-state index in [0.29, 0.717) is 19.7 Å². The Morgan fingerprint density at radius 3 is 2.67 bits per heavy atom. The molecular formula is C13H18F2N2O. The molecular weight excluding hydrogens is 238 g/mol. The van der Waals surface area contributed by atoms with Gasteiger partial charge in [0.05, 0.1) is 6.10 Å². The number of hydrogen-bond donors (Lipinski definition) is 1. The Balaban J connectivity index is 2.20. The summed E-state index contributed by atoms with van der Waals surface area (Å²) in [5.74, 6) is -1.21. The number of rotatable bonds is 3. The van der Waals surface area contributed by atoms with Crippen molar-refractivity contribution in [2.24, 2.45) is 0 Å². The molecule has 2 rings (SSSR count). The fourth-order valence-corrected chi connectivity index (χ4v) is 2.40. The number of nitrogens with zero attached hydrogens (tertiary/aromatic N) is 1. The standard InChI is InChI=1S/C13H18F2N2O/c1-2-18-10-4-3-5-17(8-10)13-11(14)6-9(16)7-12(13)15/h6-7,10H,2-5,8,16H2,1H3. The van der Waals surface area contributed by atoms with Crippen LogP contribution in [-0.4, -0.2) is 25.8 Å². The lowest BCUT2D eigenvalue weighted by Gasteiger charge is -2.34. The highest BCUT2D eigenvalue weighted by Crippen LogP contribution is 2.29. The first-order chi connectivity index (χ1) is 8.61. The van der Waals surface area contributed by atoms with E-state index >= 15 is 0 Å². The first kappa shape index (κ1) is 13.1. The summed E-state index contributed by atoms with van der Waals surface area (Å²) in [5.41, 5.74) is 5.52. The quantitative estimate of drug-likeness (QED) is 0.845. The third-order valence-corrected chi connectivity index (χ3v) is 3.14. The molecule has 0 amide bonds. The van der Waals surface area contributed by atoms with Gasteiger partial charge < -0.3 is 15.4 Å². The van der Waals surface area contributed by atoms with E-state index in [1.54, 1.807) is 4.90 Å². The largest absolute Gasteiger partial charge is 0.399 e. The van der Waals surface area contributed by atoms with Gasteiger partial charge in [-0.25, -0.2) is 8.78 Å². The van der Waals surface area contributed by atoms with E-state index < -0.39 is 11.6 Å². The van der Waals surface area contributed by atoms with E-state index in [1.807, 2.05) is 6.92 Å². The van der Waals surface area contributed by atoms with Crippen LogP contribution in [0.25, 0.3) is 0 Å². The average Bonchev–Trinajstić information content (AvgIpc) is 2.28. The summed E-state index contributed by atoms with van der Waals surface area (Å²) in [4.78, 5) is 1.70. The van der Waals surface area contributed by atoms with Gasteiger partial charge in [0.25, 0.3) is 0 Å². The topological polar surface area (TPSA) is 38.5 Å². The van der Waals surface area contributed by atoms with Crippen LogP contribution in [0.1, 0.15) is 19.8 Å².